The molecule has 2 aliphatic rings. The topological polar surface area (TPSA) is 79.2 Å². The molecule has 0 spiro atoms. The summed E-state index contributed by atoms with van der Waals surface area (Å²) in [4.78, 5) is 14.5. The summed E-state index contributed by atoms with van der Waals surface area (Å²) >= 11 is 0. The van der Waals surface area contributed by atoms with Gasteiger partial charge in [0.1, 0.15) is 6.61 Å². The molecule has 6 nitrogen and oxygen atoms in total. The maximum absolute atomic E-state index is 12.4. The van der Waals surface area contributed by atoms with Crippen LogP contribution in [0.15, 0.2) is 11.6 Å². The van der Waals surface area contributed by atoms with Crippen molar-refractivity contribution in [3.8, 4) is 0 Å². The minimum Gasteiger partial charge on any atom is -0.459 e. The van der Waals surface area contributed by atoms with Gasteiger partial charge < -0.3 is 19.7 Å². The molecule has 0 aliphatic carbocycles. The number of esters is 1. The van der Waals surface area contributed by atoms with Gasteiger partial charge in [-0.1, -0.05) is 19.9 Å². The van der Waals surface area contributed by atoms with Crippen molar-refractivity contribution in [3.63, 3.8) is 0 Å². The highest BCUT2D eigenvalue weighted by Crippen LogP contribution is 2.30. The number of fused-ring (bicyclic) bond motifs is 1. The zero-order valence-electron chi connectivity index (χ0n) is 13.8. The van der Waals surface area contributed by atoms with Crippen LogP contribution in [0.2, 0.25) is 0 Å². The predicted octanol–water partition coefficient (Wildman–Crippen LogP) is 0.327. The van der Waals surface area contributed by atoms with Crippen molar-refractivity contribution < 1.29 is 24.5 Å². The molecule has 0 amide bonds. The maximum Gasteiger partial charge on any atom is 0.341 e. The van der Waals surface area contributed by atoms with Gasteiger partial charge >= 0.3 is 5.97 Å². The molecule has 2 N–H and O–H groups in total. The van der Waals surface area contributed by atoms with Crippen LogP contribution in [0, 0.1) is 5.92 Å². The van der Waals surface area contributed by atoms with Gasteiger partial charge in [0.2, 0.25) is 0 Å². The Morgan fingerprint density at radius 3 is 2.77 bits per heavy atom. The van der Waals surface area contributed by atoms with E-state index in [-0.39, 0.29) is 18.6 Å². The zero-order valence-corrected chi connectivity index (χ0v) is 13.8. The molecule has 2 rings (SSSR count). The Morgan fingerprint density at radius 1 is 1.50 bits per heavy atom. The number of rotatable bonds is 6. The Hall–Kier alpha value is -0.950. The number of aliphatic hydroxyl groups excluding tert-OH is 1. The number of aliphatic hydroxyl groups is 2. The fourth-order valence-corrected chi connectivity index (χ4v) is 3.34. The number of hydrogen-bond acceptors (Lipinski definition) is 6. The zero-order chi connectivity index (χ0) is 16.5. The SMILES string of the molecule is COC(C)C(O)(C(=O)OCC1=CCN2CC[C@H](O)C12)C(C)C. The fraction of sp³-hybridized carbons (Fsp3) is 0.812. The molecule has 0 radical (unpaired) electrons. The van der Waals surface area contributed by atoms with E-state index in [4.69, 9.17) is 9.47 Å². The molecule has 1 saturated heterocycles. The van der Waals surface area contributed by atoms with Gasteiger partial charge in [-0.15, -0.1) is 0 Å². The van der Waals surface area contributed by atoms with Crippen LogP contribution in [0.4, 0.5) is 0 Å². The Labute approximate surface area is 131 Å². The molecule has 22 heavy (non-hydrogen) atoms. The first-order valence-electron chi connectivity index (χ1n) is 7.85. The summed E-state index contributed by atoms with van der Waals surface area (Å²) in [6.45, 7) is 6.90. The van der Waals surface area contributed by atoms with Crippen molar-refractivity contribution in [1.82, 2.24) is 4.90 Å². The van der Waals surface area contributed by atoms with E-state index in [0.717, 1.165) is 25.1 Å². The van der Waals surface area contributed by atoms with Crippen LogP contribution in [0.3, 0.4) is 0 Å². The molecule has 4 atom stereocenters. The first-order chi connectivity index (χ1) is 10.3. The van der Waals surface area contributed by atoms with Gasteiger partial charge in [0.25, 0.3) is 0 Å². The first-order valence-corrected chi connectivity index (χ1v) is 7.85. The van der Waals surface area contributed by atoms with Gasteiger partial charge in [-0.3, -0.25) is 4.90 Å². The lowest BCUT2D eigenvalue weighted by Gasteiger charge is -2.34. The van der Waals surface area contributed by atoms with Gasteiger partial charge in [-0.05, 0) is 24.8 Å². The molecular weight excluding hydrogens is 286 g/mol. The van der Waals surface area contributed by atoms with Crippen LogP contribution < -0.4 is 0 Å². The van der Waals surface area contributed by atoms with Gasteiger partial charge in [-0.25, -0.2) is 4.79 Å². The summed E-state index contributed by atoms with van der Waals surface area (Å²) in [6.07, 6.45) is 1.67. The van der Waals surface area contributed by atoms with E-state index in [1.54, 1.807) is 20.8 Å². The molecule has 2 aliphatic heterocycles. The number of ether oxygens (including phenoxy) is 2. The lowest BCUT2D eigenvalue weighted by molar-refractivity contribution is -0.186. The van der Waals surface area contributed by atoms with Crippen LogP contribution in [-0.2, 0) is 14.3 Å². The Balaban J connectivity index is 2.00. The standard InChI is InChI=1S/C16H27NO5/c1-10(2)16(20,11(3)21-4)15(19)22-9-12-5-7-17-8-6-13(18)14(12)17/h5,10-11,13-14,18,20H,6-9H2,1-4H3/t11?,13-,14?,16?/m0/s1. The van der Waals surface area contributed by atoms with E-state index in [9.17, 15) is 15.0 Å². The Morgan fingerprint density at radius 2 is 2.18 bits per heavy atom. The fourth-order valence-electron chi connectivity index (χ4n) is 3.34. The van der Waals surface area contributed by atoms with E-state index in [1.165, 1.54) is 7.11 Å². The molecule has 6 heteroatoms. The quantitative estimate of drug-likeness (QED) is 0.543. The molecule has 2 heterocycles. The second-order valence-corrected chi connectivity index (χ2v) is 6.51. The van der Waals surface area contributed by atoms with Crippen LogP contribution in [-0.4, -0.2) is 71.7 Å². The van der Waals surface area contributed by atoms with E-state index >= 15 is 0 Å². The van der Waals surface area contributed by atoms with Crippen molar-refractivity contribution in [3.05, 3.63) is 11.6 Å². The molecule has 0 aromatic heterocycles. The minimum absolute atomic E-state index is 0.0557. The minimum atomic E-state index is -1.68. The van der Waals surface area contributed by atoms with Crippen molar-refractivity contribution in [2.75, 3.05) is 26.8 Å². The average Bonchev–Trinajstić information content (AvgIpc) is 3.06. The number of hydrogen-bond donors (Lipinski definition) is 2. The molecule has 1 fully saturated rings. The maximum atomic E-state index is 12.4. The van der Waals surface area contributed by atoms with Crippen LogP contribution in [0.1, 0.15) is 27.2 Å². The summed E-state index contributed by atoms with van der Waals surface area (Å²) in [5.74, 6) is -1.01. The first kappa shape index (κ1) is 17.4. The Bertz CT molecular complexity index is 450. The normalized spacial score (nSPS) is 29.1. The highest BCUT2D eigenvalue weighted by Gasteiger charge is 2.47. The third-order valence-corrected chi connectivity index (χ3v) is 4.99. The molecule has 0 saturated carbocycles. The van der Waals surface area contributed by atoms with Crippen molar-refractivity contribution in [1.29, 1.82) is 0 Å². The number of nitrogens with zero attached hydrogens (tertiary/aromatic N) is 1. The number of methoxy groups -OCH3 is 1. The summed E-state index contributed by atoms with van der Waals surface area (Å²) in [5.41, 5.74) is -0.767. The molecule has 3 unspecified atom stereocenters. The van der Waals surface area contributed by atoms with E-state index in [0.29, 0.717) is 0 Å². The monoisotopic (exact) mass is 313 g/mol. The van der Waals surface area contributed by atoms with Gasteiger partial charge in [0.05, 0.1) is 18.2 Å². The van der Waals surface area contributed by atoms with Gasteiger partial charge in [-0.2, -0.15) is 0 Å². The van der Waals surface area contributed by atoms with Gasteiger partial charge in [0, 0.05) is 20.2 Å². The molecule has 126 valence electrons. The number of carbonyl (C=O) groups is 1. The molecular formula is C16H27NO5. The van der Waals surface area contributed by atoms with Crippen molar-refractivity contribution >= 4 is 5.97 Å². The highest BCUT2D eigenvalue weighted by atomic mass is 16.6. The third-order valence-electron chi connectivity index (χ3n) is 4.99. The smallest absolute Gasteiger partial charge is 0.341 e. The van der Waals surface area contributed by atoms with E-state index in [1.807, 2.05) is 6.08 Å². The highest BCUT2D eigenvalue weighted by molar-refractivity contribution is 5.80. The summed E-state index contributed by atoms with van der Waals surface area (Å²) in [6, 6.07) is -0.0557. The van der Waals surface area contributed by atoms with E-state index < -0.39 is 23.8 Å². The molecule has 0 bridgehead atoms. The third kappa shape index (κ3) is 2.93. The summed E-state index contributed by atoms with van der Waals surface area (Å²) in [7, 11) is 1.46. The summed E-state index contributed by atoms with van der Waals surface area (Å²) < 4.78 is 10.5. The van der Waals surface area contributed by atoms with Crippen molar-refractivity contribution in [2.45, 2.75) is 51.0 Å². The van der Waals surface area contributed by atoms with Crippen molar-refractivity contribution in [2.24, 2.45) is 5.92 Å². The lowest BCUT2D eigenvalue weighted by atomic mass is 9.85. The largest absolute Gasteiger partial charge is 0.459 e. The van der Waals surface area contributed by atoms with Crippen LogP contribution in [0.5, 0.6) is 0 Å². The average molecular weight is 313 g/mol. The summed E-state index contributed by atoms with van der Waals surface area (Å²) in [5, 5.41) is 20.7. The van der Waals surface area contributed by atoms with Crippen LogP contribution >= 0.6 is 0 Å². The second-order valence-electron chi connectivity index (χ2n) is 6.51. The molecule has 0 aromatic carbocycles. The number of carbonyl (C=O) groups excluding carboxylic acids is 1. The predicted molar refractivity (Wildman–Crippen MR) is 81.3 cm³/mol. The van der Waals surface area contributed by atoms with E-state index in [2.05, 4.69) is 4.90 Å². The lowest BCUT2D eigenvalue weighted by Crippen LogP contribution is -2.54. The second kappa shape index (κ2) is 6.66. The Kier molecular flexibility index (Phi) is 5.27. The van der Waals surface area contributed by atoms with Crippen LogP contribution in [0.25, 0.3) is 0 Å². The van der Waals surface area contributed by atoms with Gasteiger partial charge in [0.15, 0.2) is 5.60 Å². The molecule has 0 aromatic rings.